The first-order chi connectivity index (χ1) is 7.08. The number of alkyl halides is 3. The minimum absolute atomic E-state index is 0.128. The summed E-state index contributed by atoms with van der Waals surface area (Å²) >= 11 is 0. The number of hydrogen-bond acceptors (Lipinski definition) is 2. The maximum atomic E-state index is 11.6. The molecule has 2 nitrogen and oxygen atoms in total. The van der Waals surface area contributed by atoms with Crippen LogP contribution in [0.25, 0.3) is 0 Å². The second-order valence-corrected chi connectivity index (χ2v) is 4.00. The van der Waals surface area contributed by atoms with Gasteiger partial charge >= 0.3 is 6.18 Å². The van der Waals surface area contributed by atoms with Gasteiger partial charge in [-0.3, -0.25) is 0 Å². The van der Waals surface area contributed by atoms with E-state index in [2.05, 4.69) is 10.1 Å². The molecule has 0 aromatic carbocycles. The number of ether oxygens (including phenoxy) is 1. The zero-order chi connectivity index (χ0) is 11.1. The van der Waals surface area contributed by atoms with Crippen LogP contribution < -0.4 is 5.32 Å². The van der Waals surface area contributed by atoms with E-state index in [4.69, 9.17) is 0 Å². The molecule has 1 N–H and O–H groups in total. The summed E-state index contributed by atoms with van der Waals surface area (Å²) in [5.74, 6) is 0.924. The minimum Gasteiger partial charge on any atom is -0.371 e. The van der Waals surface area contributed by atoms with E-state index in [1.807, 2.05) is 0 Å². The Kier molecular flexibility index (Phi) is 5.39. The first kappa shape index (κ1) is 12.8. The average molecular weight is 225 g/mol. The van der Waals surface area contributed by atoms with E-state index in [0.717, 1.165) is 18.9 Å². The fourth-order valence-corrected chi connectivity index (χ4v) is 1.38. The van der Waals surface area contributed by atoms with Gasteiger partial charge in [0.25, 0.3) is 0 Å². The third-order valence-corrected chi connectivity index (χ3v) is 2.35. The predicted octanol–water partition coefficient (Wildman–Crippen LogP) is 2.35. The van der Waals surface area contributed by atoms with Crippen LogP contribution in [0.15, 0.2) is 0 Å². The zero-order valence-electron chi connectivity index (χ0n) is 8.78. The van der Waals surface area contributed by atoms with Crippen LogP contribution in [0, 0.1) is 5.92 Å². The molecule has 90 valence electrons. The third kappa shape index (κ3) is 8.69. The Labute approximate surface area is 88.2 Å². The molecule has 0 aromatic heterocycles. The van der Waals surface area contributed by atoms with Gasteiger partial charge in [-0.1, -0.05) is 12.8 Å². The predicted molar refractivity (Wildman–Crippen MR) is 51.7 cm³/mol. The topological polar surface area (TPSA) is 21.3 Å². The highest BCUT2D eigenvalue weighted by Gasteiger charge is 2.27. The van der Waals surface area contributed by atoms with Crippen LogP contribution in [0.5, 0.6) is 0 Å². The Bertz CT molecular complexity index is 169. The van der Waals surface area contributed by atoms with Gasteiger partial charge in [0.05, 0.1) is 6.61 Å². The van der Waals surface area contributed by atoms with Crippen molar-refractivity contribution in [1.82, 2.24) is 5.32 Å². The molecular formula is C10H18F3NO. The molecule has 1 rings (SSSR count). The molecule has 1 saturated carbocycles. The second-order valence-electron chi connectivity index (χ2n) is 4.00. The van der Waals surface area contributed by atoms with Crippen molar-refractivity contribution in [2.75, 3.05) is 26.3 Å². The molecule has 5 heteroatoms. The molecular weight excluding hydrogens is 207 g/mol. The number of rotatable bonds is 8. The molecule has 1 aliphatic carbocycles. The highest BCUT2D eigenvalue weighted by molar-refractivity contribution is 4.72. The molecule has 0 aliphatic heterocycles. The molecule has 0 bridgehead atoms. The van der Waals surface area contributed by atoms with Crippen molar-refractivity contribution in [3.8, 4) is 0 Å². The van der Waals surface area contributed by atoms with Crippen molar-refractivity contribution in [3.63, 3.8) is 0 Å². The van der Waals surface area contributed by atoms with Crippen LogP contribution in [0.2, 0.25) is 0 Å². The summed E-state index contributed by atoms with van der Waals surface area (Å²) in [7, 11) is 0. The summed E-state index contributed by atoms with van der Waals surface area (Å²) < 4.78 is 39.4. The Morgan fingerprint density at radius 1 is 1.20 bits per heavy atom. The molecule has 0 aromatic rings. The minimum atomic E-state index is -4.20. The first-order valence-electron chi connectivity index (χ1n) is 5.43. The van der Waals surface area contributed by atoms with E-state index >= 15 is 0 Å². The molecule has 0 atom stereocenters. The summed E-state index contributed by atoms with van der Waals surface area (Å²) in [5, 5.41) is 3.06. The van der Waals surface area contributed by atoms with Crippen LogP contribution in [0.3, 0.4) is 0 Å². The highest BCUT2D eigenvalue weighted by atomic mass is 19.4. The van der Waals surface area contributed by atoms with E-state index in [-0.39, 0.29) is 6.61 Å². The van der Waals surface area contributed by atoms with Crippen molar-refractivity contribution in [2.45, 2.75) is 31.9 Å². The van der Waals surface area contributed by atoms with Gasteiger partial charge in [0.1, 0.15) is 6.61 Å². The van der Waals surface area contributed by atoms with Crippen LogP contribution >= 0.6 is 0 Å². The van der Waals surface area contributed by atoms with E-state index in [1.165, 1.54) is 19.3 Å². The van der Waals surface area contributed by atoms with Crippen LogP contribution in [-0.4, -0.2) is 32.5 Å². The van der Waals surface area contributed by atoms with E-state index in [9.17, 15) is 13.2 Å². The van der Waals surface area contributed by atoms with Crippen LogP contribution in [-0.2, 0) is 4.74 Å². The van der Waals surface area contributed by atoms with E-state index in [1.54, 1.807) is 0 Å². The summed E-state index contributed by atoms with van der Waals surface area (Å²) in [5.41, 5.74) is 0. The molecule has 0 amide bonds. The van der Waals surface area contributed by atoms with Crippen LogP contribution in [0.4, 0.5) is 13.2 Å². The largest absolute Gasteiger partial charge is 0.411 e. The quantitative estimate of drug-likeness (QED) is 0.640. The van der Waals surface area contributed by atoms with Gasteiger partial charge in [-0.15, -0.1) is 0 Å². The summed E-state index contributed by atoms with van der Waals surface area (Å²) in [6, 6.07) is 0. The Hall–Kier alpha value is -0.290. The van der Waals surface area contributed by atoms with Gasteiger partial charge in [0.2, 0.25) is 0 Å². The molecule has 15 heavy (non-hydrogen) atoms. The Balaban J connectivity index is 1.72. The smallest absolute Gasteiger partial charge is 0.371 e. The van der Waals surface area contributed by atoms with Crippen LogP contribution in [0.1, 0.15) is 25.7 Å². The van der Waals surface area contributed by atoms with Gasteiger partial charge in [-0.05, 0) is 25.3 Å². The van der Waals surface area contributed by atoms with Gasteiger partial charge in [-0.2, -0.15) is 13.2 Å². The van der Waals surface area contributed by atoms with Gasteiger partial charge in [-0.25, -0.2) is 0 Å². The zero-order valence-corrected chi connectivity index (χ0v) is 8.78. The molecule has 0 heterocycles. The molecule has 1 fully saturated rings. The monoisotopic (exact) mass is 225 g/mol. The van der Waals surface area contributed by atoms with Crippen molar-refractivity contribution < 1.29 is 17.9 Å². The lowest BCUT2D eigenvalue weighted by atomic mass is 10.2. The normalized spacial score (nSPS) is 17.0. The maximum absolute atomic E-state index is 11.6. The fraction of sp³-hybridized carbons (Fsp3) is 1.00. The standard InChI is InChI=1S/C10H18F3NO/c11-10(12,13)8-15-7-6-14-5-1-2-9-3-4-9/h9,14H,1-8H2. The van der Waals surface area contributed by atoms with Gasteiger partial charge in [0.15, 0.2) is 0 Å². The summed E-state index contributed by atoms with van der Waals surface area (Å²) in [6.45, 7) is 0.367. The SMILES string of the molecule is FC(F)(F)COCCNCCCC1CC1. The van der Waals surface area contributed by atoms with Gasteiger partial charge in [0, 0.05) is 6.54 Å². The maximum Gasteiger partial charge on any atom is 0.411 e. The second kappa shape index (κ2) is 6.33. The third-order valence-electron chi connectivity index (χ3n) is 2.35. The van der Waals surface area contributed by atoms with Crippen molar-refractivity contribution in [1.29, 1.82) is 0 Å². The Morgan fingerprint density at radius 3 is 2.53 bits per heavy atom. The summed E-state index contributed by atoms with van der Waals surface area (Å²) in [4.78, 5) is 0. The molecule has 0 saturated heterocycles. The molecule has 0 unspecified atom stereocenters. The average Bonchev–Trinajstić information content (AvgIpc) is 2.91. The first-order valence-corrected chi connectivity index (χ1v) is 5.43. The van der Waals surface area contributed by atoms with Crippen molar-refractivity contribution in [3.05, 3.63) is 0 Å². The lowest BCUT2D eigenvalue weighted by molar-refractivity contribution is -0.173. The van der Waals surface area contributed by atoms with Crippen molar-refractivity contribution >= 4 is 0 Å². The number of halogens is 3. The fourth-order valence-electron chi connectivity index (χ4n) is 1.38. The van der Waals surface area contributed by atoms with E-state index < -0.39 is 12.8 Å². The Morgan fingerprint density at radius 2 is 1.93 bits per heavy atom. The summed E-state index contributed by atoms with van der Waals surface area (Å²) in [6.07, 6.45) is 0.871. The van der Waals surface area contributed by atoms with Crippen molar-refractivity contribution in [2.24, 2.45) is 5.92 Å². The number of hydrogen-bond donors (Lipinski definition) is 1. The molecule has 1 aliphatic rings. The molecule has 0 spiro atoms. The van der Waals surface area contributed by atoms with E-state index in [0.29, 0.717) is 6.54 Å². The number of nitrogens with one attached hydrogen (secondary N) is 1. The lowest BCUT2D eigenvalue weighted by Crippen LogP contribution is -2.24. The van der Waals surface area contributed by atoms with Gasteiger partial charge < -0.3 is 10.1 Å². The lowest BCUT2D eigenvalue weighted by Gasteiger charge is -2.08. The highest BCUT2D eigenvalue weighted by Crippen LogP contribution is 2.33. The molecule has 0 radical (unpaired) electrons.